The second-order valence-electron chi connectivity index (χ2n) is 3.22. The van der Waals surface area contributed by atoms with Crippen LogP contribution in [0.15, 0.2) is 28.8 Å². The van der Waals surface area contributed by atoms with Gasteiger partial charge in [0.25, 0.3) is 0 Å². The highest BCUT2D eigenvalue weighted by molar-refractivity contribution is 6.17. The second-order valence-corrected chi connectivity index (χ2v) is 3.59. The zero-order valence-electron chi connectivity index (χ0n) is 8.21. The first kappa shape index (κ1) is 11.1. The first-order valence-corrected chi connectivity index (χ1v) is 5.19. The van der Waals surface area contributed by atoms with Gasteiger partial charge in [0.2, 0.25) is 0 Å². The minimum atomic E-state index is -0.648. The maximum absolute atomic E-state index is 12.9. The van der Waals surface area contributed by atoms with E-state index in [0.29, 0.717) is 29.5 Å². The summed E-state index contributed by atoms with van der Waals surface area (Å²) in [6, 6.07) is 3.18. The highest BCUT2D eigenvalue weighted by Crippen LogP contribution is 2.22. The first-order valence-electron chi connectivity index (χ1n) is 4.66. The van der Waals surface area contributed by atoms with E-state index in [1.807, 2.05) is 0 Å². The lowest BCUT2D eigenvalue weighted by molar-refractivity contribution is 0.513. The number of benzene rings is 1. The number of halogens is 3. The van der Waals surface area contributed by atoms with Crippen molar-refractivity contribution in [2.24, 2.45) is 0 Å². The Kier molecular flexibility index (Phi) is 3.19. The summed E-state index contributed by atoms with van der Waals surface area (Å²) in [5.74, 6) is -0.124. The van der Waals surface area contributed by atoms with Gasteiger partial charge in [0.1, 0.15) is 11.6 Å². The Labute approximate surface area is 95.9 Å². The molecular weight excluding hydrogens is 236 g/mol. The molecule has 16 heavy (non-hydrogen) atoms. The molecule has 1 aromatic heterocycles. The van der Waals surface area contributed by atoms with Gasteiger partial charge in [-0.1, -0.05) is 0 Å². The van der Waals surface area contributed by atoms with Crippen LogP contribution in [0.1, 0.15) is 5.89 Å². The van der Waals surface area contributed by atoms with E-state index < -0.39 is 11.6 Å². The van der Waals surface area contributed by atoms with Crippen molar-refractivity contribution in [3.8, 4) is 11.3 Å². The van der Waals surface area contributed by atoms with E-state index in [2.05, 4.69) is 4.98 Å². The van der Waals surface area contributed by atoms with Gasteiger partial charge in [-0.25, -0.2) is 13.8 Å². The van der Waals surface area contributed by atoms with E-state index in [-0.39, 0.29) is 0 Å². The molecule has 0 spiro atoms. The van der Waals surface area contributed by atoms with E-state index in [0.717, 1.165) is 6.07 Å². The summed E-state index contributed by atoms with van der Waals surface area (Å²) in [5, 5.41) is 0. The molecule has 0 amide bonds. The van der Waals surface area contributed by atoms with E-state index in [9.17, 15) is 8.78 Å². The van der Waals surface area contributed by atoms with Crippen LogP contribution >= 0.6 is 11.6 Å². The van der Waals surface area contributed by atoms with Gasteiger partial charge in [-0.2, -0.15) is 0 Å². The number of oxazole rings is 1. The predicted molar refractivity (Wildman–Crippen MR) is 56.3 cm³/mol. The van der Waals surface area contributed by atoms with Gasteiger partial charge in [-0.15, -0.1) is 11.6 Å². The molecule has 0 saturated carbocycles. The molecule has 0 fully saturated rings. The maximum atomic E-state index is 12.9. The molecule has 0 aliphatic carbocycles. The molecule has 0 unspecified atom stereocenters. The van der Waals surface area contributed by atoms with Crippen LogP contribution in [0.3, 0.4) is 0 Å². The van der Waals surface area contributed by atoms with Gasteiger partial charge < -0.3 is 4.42 Å². The summed E-state index contributed by atoms with van der Waals surface area (Å²) in [7, 11) is 0. The quantitative estimate of drug-likeness (QED) is 0.773. The van der Waals surface area contributed by atoms with E-state index in [1.165, 1.54) is 18.3 Å². The van der Waals surface area contributed by atoms with Crippen LogP contribution in [0.25, 0.3) is 11.3 Å². The summed E-state index contributed by atoms with van der Waals surface area (Å²) in [4.78, 5) is 3.95. The summed E-state index contributed by atoms with van der Waals surface area (Å²) >= 11 is 5.52. The van der Waals surface area contributed by atoms with Crippen LogP contribution in [-0.4, -0.2) is 10.9 Å². The standard InChI is InChI=1S/C11H8ClF2NO/c12-2-1-11-15-6-10(16-11)7-3-8(13)5-9(14)4-7/h3-6H,1-2H2. The van der Waals surface area contributed by atoms with Gasteiger partial charge in [0.15, 0.2) is 11.7 Å². The van der Waals surface area contributed by atoms with Crippen molar-refractivity contribution in [2.75, 3.05) is 5.88 Å². The largest absolute Gasteiger partial charge is 0.441 e. The Morgan fingerprint density at radius 1 is 1.19 bits per heavy atom. The second kappa shape index (κ2) is 4.61. The van der Waals surface area contributed by atoms with Crippen LogP contribution in [0.4, 0.5) is 8.78 Å². The molecule has 0 aliphatic heterocycles. The zero-order chi connectivity index (χ0) is 11.5. The van der Waals surface area contributed by atoms with Gasteiger partial charge in [-0.3, -0.25) is 0 Å². The zero-order valence-corrected chi connectivity index (χ0v) is 8.97. The summed E-state index contributed by atoms with van der Waals surface area (Å²) in [6.07, 6.45) is 1.91. The molecule has 2 nitrogen and oxygen atoms in total. The Balaban J connectivity index is 2.34. The van der Waals surface area contributed by atoms with Gasteiger partial charge in [0, 0.05) is 23.9 Å². The summed E-state index contributed by atoms with van der Waals surface area (Å²) in [5.41, 5.74) is 0.325. The SMILES string of the molecule is Fc1cc(F)cc(-c2cnc(CCCl)o2)c1. The number of alkyl halides is 1. The summed E-state index contributed by atoms with van der Waals surface area (Å²) < 4.78 is 31.2. The minimum Gasteiger partial charge on any atom is -0.441 e. The minimum absolute atomic E-state index is 0.325. The van der Waals surface area contributed by atoms with Crippen molar-refractivity contribution in [1.82, 2.24) is 4.98 Å². The van der Waals surface area contributed by atoms with Crippen LogP contribution in [0.2, 0.25) is 0 Å². The van der Waals surface area contributed by atoms with Crippen molar-refractivity contribution >= 4 is 11.6 Å². The molecule has 0 aliphatic rings. The topological polar surface area (TPSA) is 26.0 Å². The third-order valence-corrected chi connectivity index (χ3v) is 2.20. The molecule has 5 heteroatoms. The Hall–Kier alpha value is -1.42. The lowest BCUT2D eigenvalue weighted by Crippen LogP contribution is -1.84. The third kappa shape index (κ3) is 2.39. The molecule has 0 bridgehead atoms. The third-order valence-electron chi connectivity index (χ3n) is 2.01. The lowest BCUT2D eigenvalue weighted by Gasteiger charge is -1.97. The average Bonchev–Trinajstić information content (AvgIpc) is 2.65. The molecule has 2 aromatic rings. The van der Waals surface area contributed by atoms with Crippen molar-refractivity contribution < 1.29 is 13.2 Å². The van der Waals surface area contributed by atoms with Crippen LogP contribution in [0.5, 0.6) is 0 Å². The number of nitrogens with zero attached hydrogens (tertiary/aromatic N) is 1. The normalized spacial score (nSPS) is 10.7. The van der Waals surface area contributed by atoms with Crippen LogP contribution in [-0.2, 0) is 6.42 Å². The maximum Gasteiger partial charge on any atom is 0.196 e. The smallest absolute Gasteiger partial charge is 0.196 e. The first-order chi connectivity index (χ1) is 7.69. The van der Waals surface area contributed by atoms with E-state index in [1.54, 1.807) is 0 Å². The lowest BCUT2D eigenvalue weighted by atomic mass is 10.2. The Bertz CT molecular complexity index is 478. The number of rotatable bonds is 3. The molecule has 1 aromatic carbocycles. The Morgan fingerprint density at radius 2 is 1.88 bits per heavy atom. The molecule has 0 N–H and O–H groups in total. The Morgan fingerprint density at radius 3 is 2.50 bits per heavy atom. The molecule has 0 atom stereocenters. The fraction of sp³-hybridized carbons (Fsp3) is 0.182. The molecule has 0 saturated heterocycles. The van der Waals surface area contributed by atoms with Gasteiger partial charge in [0.05, 0.1) is 6.20 Å². The average molecular weight is 244 g/mol. The number of aryl methyl sites for hydroxylation is 1. The van der Waals surface area contributed by atoms with Crippen molar-refractivity contribution in [2.45, 2.75) is 6.42 Å². The molecule has 1 heterocycles. The molecule has 0 radical (unpaired) electrons. The number of hydrogen-bond donors (Lipinski definition) is 0. The number of aromatic nitrogens is 1. The van der Waals surface area contributed by atoms with Gasteiger partial charge >= 0.3 is 0 Å². The fourth-order valence-electron chi connectivity index (χ4n) is 1.34. The summed E-state index contributed by atoms with van der Waals surface area (Å²) in [6.45, 7) is 0. The van der Waals surface area contributed by atoms with Crippen molar-refractivity contribution in [3.05, 3.63) is 41.9 Å². The van der Waals surface area contributed by atoms with Crippen molar-refractivity contribution in [1.29, 1.82) is 0 Å². The highest BCUT2D eigenvalue weighted by Gasteiger charge is 2.08. The molecular formula is C11H8ClF2NO. The fourth-order valence-corrected chi connectivity index (χ4v) is 1.50. The predicted octanol–water partition coefficient (Wildman–Crippen LogP) is 3.40. The van der Waals surface area contributed by atoms with Crippen LogP contribution in [0, 0.1) is 11.6 Å². The molecule has 2 rings (SSSR count). The van der Waals surface area contributed by atoms with Crippen molar-refractivity contribution in [3.63, 3.8) is 0 Å². The van der Waals surface area contributed by atoms with E-state index >= 15 is 0 Å². The van der Waals surface area contributed by atoms with Gasteiger partial charge in [-0.05, 0) is 12.1 Å². The molecule has 84 valence electrons. The van der Waals surface area contributed by atoms with E-state index in [4.69, 9.17) is 16.0 Å². The highest BCUT2D eigenvalue weighted by atomic mass is 35.5. The number of hydrogen-bond acceptors (Lipinski definition) is 2. The van der Waals surface area contributed by atoms with Crippen LogP contribution < -0.4 is 0 Å². The monoisotopic (exact) mass is 243 g/mol.